The zero-order valence-electron chi connectivity index (χ0n) is 15.6. The molecule has 5 nitrogen and oxygen atoms in total. The predicted molar refractivity (Wildman–Crippen MR) is 110 cm³/mol. The number of sulfonamides is 1. The lowest BCUT2D eigenvalue weighted by atomic mass is 10.1. The monoisotopic (exact) mass is 408 g/mol. The maximum absolute atomic E-state index is 12.3. The fourth-order valence-electron chi connectivity index (χ4n) is 2.58. The van der Waals surface area contributed by atoms with Gasteiger partial charge in [0, 0.05) is 17.3 Å². The fraction of sp³-hybridized carbons (Fsp3) is 0.350. The Balaban J connectivity index is 2.00. The summed E-state index contributed by atoms with van der Waals surface area (Å²) >= 11 is 5.86. The first-order valence-electron chi connectivity index (χ1n) is 8.86. The molecule has 0 bridgehead atoms. The highest BCUT2D eigenvalue weighted by Crippen LogP contribution is 2.15. The summed E-state index contributed by atoms with van der Waals surface area (Å²) in [5, 5.41) is 3.33. The maximum atomic E-state index is 12.3. The van der Waals surface area contributed by atoms with Gasteiger partial charge in [0.2, 0.25) is 15.9 Å². The van der Waals surface area contributed by atoms with E-state index >= 15 is 0 Å². The molecule has 27 heavy (non-hydrogen) atoms. The lowest BCUT2D eigenvalue weighted by Crippen LogP contribution is -2.36. The quantitative estimate of drug-likeness (QED) is 0.679. The largest absolute Gasteiger partial charge is 0.325 e. The van der Waals surface area contributed by atoms with Gasteiger partial charge in [-0.3, -0.25) is 4.79 Å². The third-order valence-corrected chi connectivity index (χ3v) is 5.57. The number of rotatable bonds is 9. The molecule has 0 saturated carbocycles. The number of carbonyl (C=O) groups excluding carboxylic acids is 1. The molecule has 2 aromatic rings. The summed E-state index contributed by atoms with van der Waals surface area (Å²) in [6.45, 7) is 2.00. The van der Waals surface area contributed by atoms with Crippen molar-refractivity contribution in [1.82, 2.24) is 4.31 Å². The lowest BCUT2D eigenvalue weighted by molar-refractivity contribution is -0.116. The number of nitrogens with zero attached hydrogens (tertiary/aromatic N) is 1. The molecule has 0 unspecified atom stereocenters. The van der Waals surface area contributed by atoms with Crippen molar-refractivity contribution in [2.24, 2.45) is 0 Å². The predicted octanol–water partition coefficient (Wildman–Crippen LogP) is 4.08. The van der Waals surface area contributed by atoms with E-state index in [2.05, 4.69) is 12.2 Å². The zero-order chi connectivity index (χ0) is 19.9. The number of amides is 1. The third kappa shape index (κ3) is 7.33. The van der Waals surface area contributed by atoms with E-state index < -0.39 is 10.0 Å². The van der Waals surface area contributed by atoms with Crippen LogP contribution in [0.25, 0.3) is 0 Å². The summed E-state index contributed by atoms with van der Waals surface area (Å²) in [4.78, 5) is 12.3. The van der Waals surface area contributed by atoms with Crippen LogP contribution in [0.1, 0.15) is 30.9 Å². The van der Waals surface area contributed by atoms with E-state index in [1.165, 1.54) is 5.56 Å². The molecule has 2 aromatic carbocycles. The van der Waals surface area contributed by atoms with Gasteiger partial charge in [-0.15, -0.1) is 0 Å². The van der Waals surface area contributed by atoms with Crippen molar-refractivity contribution in [3.63, 3.8) is 0 Å². The molecule has 1 amide bonds. The number of nitrogens with one attached hydrogen (secondary N) is 1. The Morgan fingerprint density at radius 3 is 2.19 bits per heavy atom. The highest BCUT2D eigenvalue weighted by Gasteiger charge is 2.20. The minimum atomic E-state index is -3.54. The Morgan fingerprint density at radius 2 is 1.63 bits per heavy atom. The number of hydrogen-bond donors (Lipinski definition) is 1. The second-order valence-corrected chi connectivity index (χ2v) is 8.93. The lowest BCUT2D eigenvalue weighted by Gasteiger charge is -2.19. The molecule has 0 heterocycles. The van der Waals surface area contributed by atoms with Gasteiger partial charge in [0.1, 0.15) is 0 Å². The normalized spacial score (nSPS) is 11.6. The number of benzene rings is 2. The van der Waals surface area contributed by atoms with Crippen LogP contribution >= 0.6 is 11.6 Å². The van der Waals surface area contributed by atoms with Gasteiger partial charge in [-0.1, -0.05) is 49.2 Å². The van der Waals surface area contributed by atoms with Crippen molar-refractivity contribution >= 4 is 33.2 Å². The van der Waals surface area contributed by atoms with Crippen LogP contribution in [-0.4, -0.2) is 31.4 Å². The average molecular weight is 409 g/mol. The molecular weight excluding hydrogens is 384 g/mol. The summed E-state index contributed by atoms with van der Waals surface area (Å²) in [5.74, 6) is -0.379. The fourth-order valence-corrected chi connectivity index (χ4v) is 3.44. The maximum Gasteiger partial charge on any atom is 0.239 e. The van der Waals surface area contributed by atoms with Crippen molar-refractivity contribution in [2.45, 2.75) is 32.7 Å². The Morgan fingerprint density at radius 1 is 1.04 bits per heavy atom. The van der Waals surface area contributed by atoms with Crippen molar-refractivity contribution in [2.75, 3.05) is 18.1 Å². The number of hydrogen-bond acceptors (Lipinski definition) is 3. The highest BCUT2D eigenvalue weighted by molar-refractivity contribution is 7.88. The van der Waals surface area contributed by atoms with E-state index in [1.807, 2.05) is 24.3 Å². The number of halogens is 1. The highest BCUT2D eigenvalue weighted by atomic mass is 35.5. The molecule has 0 saturated heterocycles. The van der Waals surface area contributed by atoms with Crippen molar-refractivity contribution < 1.29 is 13.2 Å². The first kappa shape index (κ1) is 21.4. The minimum Gasteiger partial charge on any atom is -0.325 e. The van der Waals surface area contributed by atoms with Gasteiger partial charge in [0.25, 0.3) is 0 Å². The molecule has 7 heteroatoms. The molecule has 1 N–H and O–H groups in total. The van der Waals surface area contributed by atoms with Gasteiger partial charge >= 0.3 is 0 Å². The molecule has 0 atom stereocenters. The summed E-state index contributed by atoms with van der Waals surface area (Å²) in [6.07, 6.45) is 4.36. The average Bonchev–Trinajstić information content (AvgIpc) is 2.61. The SMILES string of the molecule is CCCCc1ccc(NC(=O)CN(Cc2ccc(Cl)cc2)S(C)(=O)=O)cc1. The van der Waals surface area contributed by atoms with Crippen molar-refractivity contribution in [3.05, 3.63) is 64.7 Å². The van der Waals surface area contributed by atoms with Gasteiger partial charge in [-0.25, -0.2) is 8.42 Å². The van der Waals surface area contributed by atoms with Crippen LogP contribution < -0.4 is 5.32 Å². The molecule has 0 radical (unpaired) electrons. The molecule has 146 valence electrons. The molecular formula is C20H25ClN2O3S. The Kier molecular flexibility index (Phi) is 7.83. The van der Waals surface area contributed by atoms with E-state index in [4.69, 9.17) is 11.6 Å². The number of aryl methyl sites for hydroxylation is 1. The van der Waals surface area contributed by atoms with E-state index in [9.17, 15) is 13.2 Å². The minimum absolute atomic E-state index is 0.110. The molecule has 0 aliphatic carbocycles. The van der Waals surface area contributed by atoms with Gasteiger partial charge in [0.05, 0.1) is 12.8 Å². The Bertz CT molecular complexity index is 850. The van der Waals surface area contributed by atoms with Crippen molar-refractivity contribution in [3.8, 4) is 0 Å². The van der Waals surface area contributed by atoms with Crippen LogP contribution in [0.2, 0.25) is 5.02 Å². The van der Waals surface area contributed by atoms with E-state index in [0.29, 0.717) is 10.7 Å². The number of carbonyl (C=O) groups is 1. The van der Waals surface area contributed by atoms with Crippen molar-refractivity contribution in [1.29, 1.82) is 0 Å². The Hall–Kier alpha value is -1.89. The van der Waals surface area contributed by atoms with Crippen LogP contribution in [0.4, 0.5) is 5.69 Å². The topological polar surface area (TPSA) is 66.5 Å². The summed E-state index contributed by atoms with van der Waals surface area (Å²) in [7, 11) is -3.54. The van der Waals surface area contributed by atoms with Gasteiger partial charge in [0.15, 0.2) is 0 Å². The van der Waals surface area contributed by atoms with Gasteiger partial charge in [-0.05, 0) is 48.2 Å². The first-order valence-corrected chi connectivity index (χ1v) is 11.1. The number of anilines is 1. The molecule has 0 aliphatic rings. The van der Waals surface area contributed by atoms with Gasteiger partial charge < -0.3 is 5.32 Å². The Labute approximate surface area is 166 Å². The molecule has 0 spiro atoms. The van der Waals surface area contributed by atoms with Crippen LogP contribution in [0.5, 0.6) is 0 Å². The second-order valence-electron chi connectivity index (χ2n) is 6.51. The smallest absolute Gasteiger partial charge is 0.239 e. The summed E-state index contributed by atoms with van der Waals surface area (Å²) < 4.78 is 25.3. The van der Waals surface area contributed by atoms with Crippen LogP contribution in [0, 0.1) is 0 Å². The van der Waals surface area contributed by atoms with Gasteiger partial charge in [-0.2, -0.15) is 4.31 Å². The second kappa shape index (κ2) is 9.88. The number of unbranched alkanes of at least 4 members (excludes halogenated alkanes) is 1. The first-order chi connectivity index (χ1) is 12.8. The molecule has 0 aliphatic heterocycles. The summed E-state index contributed by atoms with van der Waals surface area (Å²) in [6, 6.07) is 14.5. The standard InChI is InChI=1S/C20H25ClN2O3S/c1-3-4-5-16-8-12-19(13-9-16)22-20(24)15-23(27(2,25)26)14-17-6-10-18(21)11-7-17/h6-13H,3-5,14-15H2,1-2H3,(H,22,24). The summed E-state index contributed by atoms with van der Waals surface area (Å²) in [5.41, 5.74) is 2.63. The zero-order valence-corrected chi connectivity index (χ0v) is 17.2. The van der Waals surface area contributed by atoms with Crippen LogP contribution in [0.15, 0.2) is 48.5 Å². The van der Waals surface area contributed by atoms with E-state index in [-0.39, 0.29) is 19.0 Å². The molecule has 0 aromatic heterocycles. The molecule has 0 fully saturated rings. The van der Waals surface area contributed by atoms with E-state index in [0.717, 1.165) is 35.4 Å². The van der Waals surface area contributed by atoms with E-state index in [1.54, 1.807) is 24.3 Å². The van der Waals surface area contributed by atoms with Crippen LogP contribution in [-0.2, 0) is 27.8 Å². The van der Waals surface area contributed by atoms with Crippen LogP contribution in [0.3, 0.4) is 0 Å². The molecule has 2 rings (SSSR count). The third-order valence-electron chi connectivity index (χ3n) is 4.12.